The van der Waals surface area contributed by atoms with Crippen molar-refractivity contribution in [3.8, 4) is 5.75 Å². The van der Waals surface area contributed by atoms with Crippen LogP contribution >= 0.6 is 0 Å². The number of nitrogens with one attached hydrogen (secondary N) is 2. The second-order valence-corrected chi connectivity index (χ2v) is 7.92. The molecule has 1 aliphatic heterocycles. The molecular weight excluding hydrogens is 366 g/mol. The number of ether oxygens (including phenoxy) is 1. The molecular formula is C23H29N3O3. The maximum Gasteiger partial charge on any atom is 0.257 e. The molecule has 0 aliphatic carbocycles. The number of benzene rings is 2. The number of nitrogens with zero attached hydrogens (tertiary/aromatic N) is 1. The standard InChI is InChI=1S/C23H29N3O3/c1-16-12-17(2)14-26(13-16)15-22(27)25-21-7-5-4-6-20(21)23(28)24-18-8-10-19(29-3)11-9-18/h4-11,16-17H,12-15H2,1-3H3,(H,24,28)(H,25,27)/t16-,17-/m0/s1. The van der Waals surface area contributed by atoms with Gasteiger partial charge in [-0.1, -0.05) is 26.0 Å². The number of carbonyl (C=O) groups is 2. The fourth-order valence-electron chi connectivity index (χ4n) is 3.98. The Labute approximate surface area is 172 Å². The Kier molecular flexibility index (Phi) is 6.88. The number of para-hydroxylation sites is 1. The first-order valence-electron chi connectivity index (χ1n) is 10.0. The van der Waals surface area contributed by atoms with Crippen molar-refractivity contribution in [1.82, 2.24) is 4.90 Å². The average Bonchev–Trinajstić information content (AvgIpc) is 2.68. The summed E-state index contributed by atoms with van der Waals surface area (Å²) in [5.41, 5.74) is 1.60. The van der Waals surface area contributed by atoms with Gasteiger partial charge in [0.1, 0.15) is 5.75 Å². The minimum absolute atomic E-state index is 0.101. The van der Waals surface area contributed by atoms with E-state index in [0.717, 1.165) is 18.8 Å². The van der Waals surface area contributed by atoms with Crippen LogP contribution in [0.4, 0.5) is 11.4 Å². The Morgan fingerprint density at radius 3 is 2.31 bits per heavy atom. The van der Waals surface area contributed by atoms with Crippen LogP contribution in [0.3, 0.4) is 0 Å². The molecule has 1 heterocycles. The second kappa shape index (κ2) is 9.56. The normalized spacial score (nSPS) is 19.4. The van der Waals surface area contributed by atoms with Crippen molar-refractivity contribution >= 4 is 23.2 Å². The summed E-state index contributed by atoms with van der Waals surface area (Å²) < 4.78 is 5.13. The van der Waals surface area contributed by atoms with Crippen molar-refractivity contribution in [1.29, 1.82) is 0 Å². The summed E-state index contributed by atoms with van der Waals surface area (Å²) in [5, 5.41) is 5.77. The van der Waals surface area contributed by atoms with Crippen molar-refractivity contribution in [3.05, 3.63) is 54.1 Å². The summed E-state index contributed by atoms with van der Waals surface area (Å²) in [6.07, 6.45) is 1.20. The molecule has 1 aliphatic rings. The minimum Gasteiger partial charge on any atom is -0.497 e. The molecule has 2 amide bonds. The first-order valence-corrected chi connectivity index (χ1v) is 10.0. The Morgan fingerprint density at radius 2 is 1.66 bits per heavy atom. The molecule has 2 aromatic carbocycles. The maximum absolute atomic E-state index is 12.7. The van der Waals surface area contributed by atoms with Crippen LogP contribution in [0, 0.1) is 11.8 Å². The third-order valence-corrected chi connectivity index (χ3v) is 5.11. The number of likely N-dealkylation sites (tertiary alicyclic amines) is 1. The summed E-state index contributed by atoms with van der Waals surface area (Å²) in [7, 11) is 1.59. The summed E-state index contributed by atoms with van der Waals surface area (Å²) in [6, 6.07) is 14.2. The van der Waals surface area contributed by atoms with E-state index in [-0.39, 0.29) is 11.8 Å². The lowest BCUT2D eigenvalue weighted by Gasteiger charge is -2.34. The summed E-state index contributed by atoms with van der Waals surface area (Å²) in [6.45, 7) is 6.64. The van der Waals surface area contributed by atoms with Gasteiger partial charge in [0, 0.05) is 18.8 Å². The first-order chi connectivity index (χ1) is 13.9. The van der Waals surface area contributed by atoms with Gasteiger partial charge in [-0.3, -0.25) is 14.5 Å². The van der Waals surface area contributed by atoms with E-state index in [2.05, 4.69) is 29.4 Å². The lowest BCUT2D eigenvalue weighted by atomic mass is 9.92. The van der Waals surface area contributed by atoms with Gasteiger partial charge in [0.25, 0.3) is 5.91 Å². The number of methoxy groups -OCH3 is 1. The number of amides is 2. The van der Waals surface area contributed by atoms with E-state index in [1.54, 1.807) is 49.6 Å². The van der Waals surface area contributed by atoms with Crippen LogP contribution in [0.25, 0.3) is 0 Å². The van der Waals surface area contributed by atoms with Crippen molar-refractivity contribution in [3.63, 3.8) is 0 Å². The summed E-state index contributed by atoms with van der Waals surface area (Å²) in [5.74, 6) is 1.53. The zero-order valence-corrected chi connectivity index (χ0v) is 17.3. The highest BCUT2D eigenvalue weighted by atomic mass is 16.5. The molecule has 1 saturated heterocycles. The highest BCUT2D eigenvalue weighted by Gasteiger charge is 2.23. The smallest absolute Gasteiger partial charge is 0.257 e. The van der Waals surface area contributed by atoms with Gasteiger partial charge in [-0.05, 0) is 54.7 Å². The van der Waals surface area contributed by atoms with Crippen LogP contribution in [0.5, 0.6) is 5.75 Å². The number of rotatable bonds is 6. The molecule has 0 radical (unpaired) electrons. The quantitative estimate of drug-likeness (QED) is 0.779. The minimum atomic E-state index is -0.272. The molecule has 0 saturated carbocycles. The molecule has 3 rings (SSSR count). The largest absolute Gasteiger partial charge is 0.497 e. The van der Waals surface area contributed by atoms with Gasteiger partial charge in [-0.15, -0.1) is 0 Å². The lowest BCUT2D eigenvalue weighted by Crippen LogP contribution is -2.43. The van der Waals surface area contributed by atoms with Gasteiger partial charge in [0.2, 0.25) is 5.91 Å². The molecule has 29 heavy (non-hydrogen) atoms. The van der Waals surface area contributed by atoms with E-state index < -0.39 is 0 Å². The van der Waals surface area contributed by atoms with Gasteiger partial charge < -0.3 is 15.4 Å². The van der Waals surface area contributed by atoms with Crippen LogP contribution in [0.1, 0.15) is 30.6 Å². The second-order valence-electron chi connectivity index (χ2n) is 7.92. The predicted octanol–water partition coefficient (Wildman–Crippen LogP) is 3.86. The molecule has 6 heteroatoms. The maximum atomic E-state index is 12.7. The van der Waals surface area contributed by atoms with E-state index in [9.17, 15) is 9.59 Å². The molecule has 6 nitrogen and oxygen atoms in total. The van der Waals surface area contributed by atoms with Crippen LogP contribution in [0.2, 0.25) is 0 Å². The van der Waals surface area contributed by atoms with Crippen LogP contribution in [-0.4, -0.2) is 43.5 Å². The SMILES string of the molecule is COc1ccc(NC(=O)c2ccccc2NC(=O)CN2C[C@@H](C)C[C@H](C)C2)cc1. The average molecular weight is 396 g/mol. The highest BCUT2D eigenvalue weighted by Crippen LogP contribution is 2.22. The molecule has 2 aromatic rings. The number of piperidine rings is 1. The molecule has 1 fully saturated rings. The lowest BCUT2D eigenvalue weighted by molar-refractivity contribution is -0.117. The van der Waals surface area contributed by atoms with Crippen LogP contribution in [0.15, 0.2) is 48.5 Å². The molecule has 0 aromatic heterocycles. The van der Waals surface area contributed by atoms with Crippen molar-refractivity contribution < 1.29 is 14.3 Å². The highest BCUT2D eigenvalue weighted by molar-refractivity contribution is 6.10. The molecule has 0 unspecified atom stereocenters. The van der Waals surface area contributed by atoms with E-state index >= 15 is 0 Å². The number of anilines is 2. The monoisotopic (exact) mass is 395 g/mol. The van der Waals surface area contributed by atoms with Gasteiger partial charge in [-0.2, -0.15) is 0 Å². The first kappa shape index (κ1) is 20.9. The zero-order valence-electron chi connectivity index (χ0n) is 17.3. The predicted molar refractivity (Wildman–Crippen MR) is 115 cm³/mol. The van der Waals surface area contributed by atoms with Gasteiger partial charge in [0.05, 0.1) is 24.9 Å². The molecule has 0 spiro atoms. The van der Waals surface area contributed by atoms with E-state index in [0.29, 0.717) is 35.3 Å². The summed E-state index contributed by atoms with van der Waals surface area (Å²) >= 11 is 0. The van der Waals surface area contributed by atoms with Crippen molar-refractivity contribution in [2.45, 2.75) is 20.3 Å². The summed E-state index contributed by atoms with van der Waals surface area (Å²) in [4.78, 5) is 27.5. The third kappa shape index (κ3) is 5.81. The third-order valence-electron chi connectivity index (χ3n) is 5.11. The molecule has 154 valence electrons. The van der Waals surface area contributed by atoms with E-state index in [1.807, 2.05) is 6.07 Å². The van der Waals surface area contributed by atoms with Gasteiger partial charge in [0.15, 0.2) is 0 Å². The van der Waals surface area contributed by atoms with Crippen LogP contribution in [-0.2, 0) is 4.79 Å². The van der Waals surface area contributed by atoms with Gasteiger partial charge >= 0.3 is 0 Å². The number of hydrogen-bond donors (Lipinski definition) is 2. The topological polar surface area (TPSA) is 70.7 Å². The van der Waals surface area contributed by atoms with Crippen LogP contribution < -0.4 is 15.4 Å². The molecule has 0 bridgehead atoms. The fourth-order valence-corrected chi connectivity index (χ4v) is 3.98. The van der Waals surface area contributed by atoms with Crippen molar-refractivity contribution in [2.24, 2.45) is 11.8 Å². The van der Waals surface area contributed by atoms with Crippen molar-refractivity contribution in [2.75, 3.05) is 37.4 Å². The number of carbonyl (C=O) groups excluding carboxylic acids is 2. The fraction of sp³-hybridized carbons (Fsp3) is 0.391. The van der Waals surface area contributed by atoms with Gasteiger partial charge in [-0.25, -0.2) is 0 Å². The molecule has 2 N–H and O–H groups in total. The van der Waals surface area contributed by atoms with E-state index in [1.165, 1.54) is 6.42 Å². The zero-order chi connectivity index (χ0) is 20.8. The Bertz CT molecular complexity index is 841. The molecule has 2 atom stereocenters. The van der Waals surface area contributed by atoms with E-state index in [4.69, 9.17) is 4.74 Å². The number of hydrogen-bond acceptors (Lipinski definition) is 4. The Hall–Kier alpha value is -2.86. The Morgan fingerprint density at radius 1 is 1.00 bits per heavy atom. The Balaban J connectivity index is 1.64.